The third-order valence-corrected chi connectivity index (χ3v) is 13.7. The number of rotatable bonds is 10. The molecule has 0 fully saturated rings. The zero-order valence-corrected chi connectivity index (χ0v) is 39.3. The number of nitrogens with zero attached hydrogens (tertiary/aromatic N) is 2. The van der Waals surface area contributed by atoms with Crippen LogP contribution in [-0.4, -0.2) is 0 Å². The molecule has 12 aromatic rings. The van der Waals surface area contributed by atoms with Crippen LogP contribution >= 0.6 is 0 Å². The van der Waals surface area contributed by atoms with Crippen molar-refractivity contribution in [1.29, 1.82) is 0 Å². The summed E-state index contributed by atoms with van der Waals surface area (Å²) in [5.41, 5.74) is 12.3. The van der Waals surface area contributed by atoms with Gasteiger partial charge in [-0.25, -0.2) is 17.6 Å². The molecule has 0 aliphatic carbocycles. The van der Waals surface area contributed by atoms with E-state index >= 15 is 8.78 Å². The van der Waals surface area contributed by atoms with Crippen LogP contribution in [0.3, 0.4) is 0 Å². The van der Waals surface area contributed by atoms with Crippen LogP contribution in [0.1, 0.15) is 11.1 Å². The van der Waals surface area contributed by atoms with E-state index in [1.54, 1.807) is 36.4 Å². The van der Waals surface area contributed by atoms with Gasteiger partial charge in [0.15, 0.2) is 0 Å². The van der Waals surface area contributed by atoms with E-state index in [0.29, 0.717) is 22.7 Å². The molecular weight excluding hydrogens is 897 g/mol. The number of anilines is 6. The zero-order valence-electron chi connectivity index (χ0n) is 39.3. The van der Waals surface area contributed by atoms with Crippen molar-refractivity contribution in [3.05, 3.63) is 265 Å². The molecule has 0 N–H and O–H groups in total. The second-order valence-corrected chi connectivity index (χ2v) is 18.5. The lowest BCUT2D eigenvalue weighted by molar-refractivity contribution is 0.627. The lowest BCUT2D eigenvalue weighted by Gasteiger charge is -2.30. The summed E-state index contributed by atoms with van der Waals surface area (Å²) in [6.07, 6.45) is 0. The first-order chi connectivity index (χ1) is 35.1. The minimum absolute atomic E-state index is 0.332. The van der Waals surface area contributed by atoms with Crippen LogP contribution in [0.25, 0.3) is 76.8 Å². The Morgan fingerprint density at radius 3 is 0.972 bits per heavy atom. The molecule has 0 aliphatic rings. The van der Waals surface area contributed by atoms with Crippen LogP contribution in [0.4, 0.5) is 51.7 Å². The first-order valence-corrected chi connectivity index (χ1v) is 23.9. The third-order valence-electron chi connectivity index (χ3n) is 13.7. The summed E-state index contributed by atoms with van der Waals surface area (Å²) in [4.78, 5) is 3.97. The maximum Gasteiger partial charge on any atom is 0.147 e. The molecule has 12 rings (SSSR count). The normalized spacial score (nSPS) is 11.5. The molecule has 12 aromatic carbocycles. The highest BCUT2D eigenvalue weighted by atomic mass is 19.1. The van der Waals surface area contributed by atoms with Gasteiger partial charge in [0.1, 0.15) is 23.3 Å². The quantitative estimate of drug-likeness (QED) is 0.0996. The molecule has 0 heterocycles. The predicted octanol–water partition coefficient (Wildman–Crippen LogP) is 19.4. The summed E-state index contributed by atoms with van der Waals surface area (Å²) in [7, 11) is 0. The van der Waals surface area contributed by atoms with Gasteiger partial charge in [0.25, 0.3) is 0 Å². The van der Waals surface area contributed by atoms with Gasteiger partial charge in [0, 0.05) is 22.1 Å². The van der Waals surface area contributed by atoms with Gasteiger partial charge >= 0.3 is 0 Å². The fourth-order valence-corrected chi connectivity index (χ4v) is 10.3. The zero-order chi connectivity index (χ0) is 49.0. The van der Waals surface area contributed by atoms with Gasteiger partial charge < -0.3 is 9.80 Å². The summed E-state index contributed by atoms with van der Waals surface area (Å²) in [6, 6.07) is 72.7. The molecule has 6 heteroatoms. The van der Waals surface area contributed by atoms with Gasteiger partial charge in [-0.3, -0.25) is 0 Å². The minimum atomic E-state index is -0.384. The fraction of sp³-hybridized carbons (Fsp3) is 0.0303. The van der Waals surface area contributed by atoms with Crippen LogP contribution in [0.5, 0.6) is 0 Å². The third kappa shape index (κ3) is 8.07. The summed E-state index contributed by atoms with van der Waals surface area (Å²) >= 11 is 0. The van der Waals surface area contributed by atoms with Crippen molar-refractivity contribution in [2.45, 2.75) is 13.8 Å². The van der Waals surface area contributed by atoms with E-state index in [1.165, 1.54) is 24.3 Å². The Labute approximate surface area is 415 Å². The number of hydrogen-bond acceptors (Lipinski definition) is 2. The number of benzene rings is 12. The van der Waals surface area contributed by atoms with E-state index in [0.717, 1.165) is 99.3 Å². The highest BCUT2D eigenvalue weighted by Gasteiger charge is 2.26. The van der Waals surface area contributed by atoms with Gasteiger partial charge in [-0.2, -0.15) is 0 Å². The van der Waals surface area contributed by atoms with Gasteiger partial charge in [-0.05, 0) is 188 Å². The van der Waals surface area contributed by atoms with E-state index < -0.39 is 0 Å². The van der Waals surface area contributed by atoms with E-state index in [1.807, 2.05) is 121 Å². The Bertz CT molecular complexity index is 3720. The highest BCUT2D eigenvalue weighted by Crippen LogP contribution is 2.50. The SMILES string of the molecule is Cc1ccc(N(c2cc(-c3ccccc3)cc(-c3ccc(F)cc3)c2)c2ccc3ccc4c(N(c5cc(-c6ccccc6)cc(-c6ccc(F)cc6)c5)c5ccc(C)cc5F)ccc5ccc2c3c54)c(F)c1. The van der Waals surface area contributed by atoms with E-state index in [2.05, 4.69) is 72.8 Å². The van der Waals surface area contributed by atoms with Crippen molar-refractivity contribution in [1.82, 2.24) is 0 Å². The molecule has 0 bridgehead atoms. The first kappa shape index (κ1) is 44.2. The number of aryl methyl sites for hydroxylation is 2. The monoisotopic (exact) mass is 940 g/mol. The maximum atomic E-state index is 16.8. The van der Waals surface area contributed by atoms with Crippen molar-refractivity contribution in [3.63, 3.8) is 0 Å². The smallest absolute Gasteiger partial charge is 0.147 e. The molecule has 0 saturated carbocycles. The largest absolute Gasteiger partial charge is 0.307 e. The average Bonchev–Trinajstić information content (AvgIpc) is 3.40. The van der Waals surface area contributed by atoms with Crippen LogP contribution in [0, 0.1) is 37.1 Å². The van der Waals surface area contributed by atoms with E-state index in [4.69, 9.17) is 0 Å². The molecule has 0 radical (unpaired) electrons. The molecular formula is C66H44F4N2. The van der Waals surface area contributed by atoms with Crippen molar-refractivity contribution < 1.29 is 17.6 Å². The second-order valence-electron chi connectivity index (χ2n) is 18.5. The molecule has 0 amide bonds. The van der Waals surface area contributed by atoms with Crippen LogP contribution in [0.15, 0.2) is 231 Å². The maximum absolute atomic E-state index is 16.8. The summed E-state index contributed by atoms with van der Waals surface area (Å²) in [5.74, 6) is -1.43. The molecule has 0 atom stereocenters. The summed E-state index contributed by atoms with van der Waals surface area (Å²) < 4.78 is 62.4. The van der Waals surface area contributed by atoms with E-state index in [-0.39, 0.29) is 23.3 Å². The number of halogens is 4. The summed E-state index contributed by atoms with van der Waals surface area (Å²) in [6.45, 7) is 3.75. The van der Waals surface area contributed by atoms with Crippen molar-refractivity contribution in [3.8, 4) is 44.5 Å². The van der Waals surface area contributed by atoms with Gasteiger partial charge in [0.05, 0.1) is 22.7 Å². The Kier molecular flexibility index (Phi) is 11.1. The Balaban J connectivity index is 1.12. The Hall–Kier alpha value is -9.00. The minimum Gasteiger partial charge on any atom is -0.307 e. The Morgan fingerprint density at radius 2 is 0.611 bits per heavy atom. The van der Waals surface area contributed by atoms with Gasteiger partial charge in [-0.15, -0.1) is 0 Å². The second kappa shape index (κ2) is 18.1. The molecule has 72 heavy (non-hydrogen) atoms. The van der Waals surface area contributed by atoms with Crippen LogP contribution in [0.2, 0.25) is 0 Å². The van der Waals surface area contributed by atoms with Crippen molar-refractivity contribution in [2.75, 3.05) is 9.80 Å². The topological polar surface area (TPSA) is 6.48 Å². The molecule has 0 saturated heterocycles. The predicted molar refractivity (Wildman–Crippen MR) is 291 cm³/mol. The standard InChI is InChI=1S/C66H44F4N2/c1-41-13-29-63(59(69)33-41)71(55-37-49(43-9-5-3-6-10-43)35-51(39-55)45-15-23-53(67)24-16-45)61-31-21-47-20-28-58-62(32-22-48-19-27-57(61)65(47)66(48)58)72(64-30-14-42(2)34-60(64)70)56-38-50(44-11-7-4-8-12-44)36-52(40-56)46-17-25-54(68)26-18-46/h3-40H,1-2H3. The lowest BCUT2D eigenvalue weighted by Crippen LogP contribution is -2.13. The van der Waals surface area contributed by atoms with Crippen LogP contribution in [-0.2, 0) is 0 Å². The first-order valence-electron chi connectivity index (χ1n) is 23.9. The lowest BCUT2D eigenvalue weighted by atomic mass is 9.91. The molecule has 0 spiro atoms. The van der Waals surface area contributed by atoms with Gasteiger partial charge in [-0.1, -0.05) is 133 Å². The van der Waals surface area contributed by atoms with Crippen molar-refractivity contribution in [2.24, 2.45) is 0 Å². The van der Waals surface area contributed by atoms with Gasteiger partial charge in [0.2, 0.25) is 0 Å². The molecule has 0 unspecified atom stereocenters. The summed E-state index contributed by atoms with van der Waals surface area (Å²) in [5, 5.41) is 5.67. The van der Waals surface area contributed by atoms with Crippen LogP contribution < -0.4 is 9.80 Å². The number of hydrogen-bond donors (Lipinski definition) is 0. The molecule has 0 aliphatic heterocycles. The molecule has 0 aromatic heterocycles. The van der Waals surface area contributed by atoms with E-state index in [9.17, 15) is 8.78 Å². The van der Waals surface area contributed by atoms with Crippen molar-refractivity contribution >= 4 is 66.4 Å². The Morgan fingerprint density at radius 1 is 0.278 bits per heavy atom. The fourth-order valence-electron chi connectivity index (χ4n) is 10.3. The highest BCUT2D eigenvalue weighted by molar-refractivity contribution is 6.28. The molecule has 2 nitrogen and oxygen atoms in total. The average molecular weight is 941 g/mol. The molecule has 346 valence electrons.